The van der Waals surface area contributed by atoms with Gasteiger partial charge in [0.25, 0.3) is 0 Å². The fourth-order valence-corrected chi connectivity index (χ4v) is 3.91. The van der Waals surface area contributed by atoms with Crippen molar-refractivity contribution in [3.05, 3.63) is 45.8 Å². The molecule has 0 fully saturated rings. The number of rotatable bonds is 5. The summed E-state index contributed by atoms with van der Waals surface area (Å²) in [6, 6.07) is 7.08. The van der Waals surface area contributed by atoms with Gasteiger partial charge in [-0.2, -0.15) is 0 Å². The lowest BCUT2D eigenvalue weighted by Gasteiger charge is -2.11. The summed E-state index contributed by atoms with van der Waals surface area (Å²) in [6.07, 6.45) is 0.731. The first-order valence-corrected chi connectivity index (χ1v) is 8.99. The highest BCUT2D eigenvalue weighted by molar-refractivity contribution is 7.80. The minimum atomic E-state index is -0.384. The van der Waals surface area contributed by atoms with Gasteiger partial charge in [0, 0.05) is 16.1 Å². The lowest BCUT2D eigenvalue weighted by atomic mass is 10.1. The molecule has 25 heavy (non-hydrogen) atoms. The topological polar surface area (TPSA) is 67.4 Å². The number of benzene rings is 1. The number of carbonyl (C=O) groups is 2. The van der Waals surface area contributed by atoms with Crippen LogP contribution in [0.1, 0.15) is 45.0 Å². The zero-order chi connectivity index (χ0) is 18.6. The fourth-order valence-electron chi connectivity index (χ4n) is 2.49. The number of esters is 1. The summed E-state index contributed by atoms with van der Waals surface area (Å²) in [5, 5.41) is 7.11. The molecular weight excluding hydrogens is 356 g/mol. The van der Waals surface area contributed by atoms with E-state index < -0.39 is 0 Å². The molecule has 0 atom stereocenters. The van der Waals surface area contributed by atoms with Crippen LogP contribution in [0.3, 0.4) is 0 Å². The molecular formula is C18H20N2O3S2. The Morgan fingerprint density at radius 3 is 2.60 bits per heavy atom. The third-order valence-electron chi connectivity index (χ3n) is 3.71. The van der Waals surface area contributed by atoms with Crippen LogP contribution in [0.25, 0.3) is 0 Å². The summed E-state index contributed by atoms with van der Waals surface area (Å²) >= 11 is 6.81. The smallest absolute Gasteiger partial charge is 0.341 e. The Balaban J connectivity index is 2.22. The van der Waals surface area contributed by atoms with E-state index in [1.165, 1.54) is 25.4 Å². The first kappa shape index (κ1) is 19.1. The first-order valence-electron chi connectivity index (χ1n) is 7.77. The van der Waals surface area contributed by atoms with Crippen LogP contribution < -0.4 is 10.6 Å². The van der Waals surface area contributed by atoms with Crippen LogP contribution in [0.2, 0.25) is 0 Å². The van der Waals surface area contributed by atoms with Crippen LogP contribution in [-0.2, 0) is 11.2 Å². The Morgan fingerprint density at radius 1 is 1.28 bits per heavy atom. The van der Waals surface area contributed by atoms with Crippen LogP contribution in [0.4, 0.5) is 10.7 Å². The third kappa shape index (κ3) is 4.43. The van der Waals surface area contributed by atoms with E-state index in [1.54, 1.807) is 18.2 Å². The molecule has 0 saturated heterocycles. The number of ether oxygens (including phenoxy) is 1. The number of hydrogen-bond acceptors (Lipinski definition) is 5. The Hall–Kier alpha value is -2.25. The van der Waals surface area contributed by atoms with E-state index in [0.29, 0.717) is 26.9 Å². The van der Waals surface area contributed by atoms with Crippen LogP contribution >= 0.6 is 23.6 Å². The molecule has 2 aromatic rings. The molecule has 0 unspecified atom stereocenters. The van der Waals surface area contributed by atoms with E-state index in [2.05, 4.69) is 10.6 Å². The summed E-state index contributed by atoms with van der Waals surface area (Å²) < 4.78 is 4.90. The average Bonchev–Trinajstić information content (AvgIpc) is 2.89. The second-order valence-corrected chi connectivity index (χ2v) is 7.04. The van der Waals surface area contributed by atoms with E-state index in [-0.39, 0.29) is 11.8 Å². The average molecular weight is 377 g/mol. The Kier molecular flexibility index (Phi) is 6.27. The molecule has 2 rings (SSSR count). The molecule has 1 aromatic carbocycles. The van der Waals surface area contributed by atoms with Crippen molar-refractivity contribution in [2.24, 2.45) is 0 Å². The van der Waals surface area contributed by atoms with Crippen molar-refractivity contribution >= 4 is 51.1 Å². The number of Topliss-reactive ketones (excluding diaryl/α,β-unsaturated/α-hetero) is 1. The summed E-state index contributed by atoms with van der Waals surface area (Å²) in [5.74, 6) is -0.401. The number of ketones is 1. The van der Waals surface area contributed by atoms with E-state index in [1.807, 2.05) is 19.9 Å². The van der Waals surface area contributed by atoms with Crippen LogP contribution in [-0.4, -0.2) is 24.0 Å². The van der Waals surface area contributed by atoms with Crippen molar-refractivity contribution in [3.63, 3.8) is 0 Å². The van der Waals surface area contributed by atoms with E-state index >= 15 is 0 Å². The molecule has 0 saturated carbocycles. The molecule has 0 aliphatic heterocycles. The number of aryl methyl sites for hydroxylation is 1. The maximum atomic E-state index is 12.1. The standard InChI is InChI=1S/C18H20N2O3S2/c1-5-14-11(3)25-16(15(14)17(22)23-4)20-18(24)19-13-8-6-7-12(9-13)10(2)21/h6-9H,5H2,1-4H3,(H2,19,20,24). The van der Waals surface area contributed by atoms with Gasteiger partial charge in [0.05, 0.1) is 12.7 Å². The van der Waals surface area contributed by atoms with Crippen LogP contribution in [0, 0.1) is 6.92 Å². The maximum absolute atomic E-state index is 12.1. The predicted molar refractivity (Wildman–Crippen MR) is 106 cm³/mol. The first-order chi connectivity index (χ1) is 11.9. The van der Waals surface area contributed by atoms with Gasteiger partial charge in [-0.25, -0.2) is 4.79 Å². The van der Waals surface area contributed by atoms with Crippen molar-refractivity contribution in [1.29, 1.82) is 0 Å². The molecule has 1 heterocycles. The van der Waals surface area contributed by atoms with Gasteiger partial charge in [0.1, 0.15) is 5.00 Å². The van der Waals surface area contributed by atoms with Crippen LogP contribution in [0.5, 0.6) is 0 Å². The lowest BCUT2D eigenvalue weighted by molar-refractivity contribution is 0.0601. The molecule has 0 bridgehead atoms. The summed E-state index contributed by atoms with van der Waals surface area (Å²) in [4.78, 5) is 24.7. The minimum Gasteiger partial charge on any atom is -0.465 e. The molecule has 0 aliphatic rings. The zero-order valence-electron chi connectivity index (χ0n) is 14.6. The van der Waals surface area contributed by atoms with Gasteiger partial charge in [-0.1, -0.05) is 19.1 Å². The number of carbonyl (C=O) groups excluding carboxylic acids is 2. The van der Waals surface area contributed by atoms with Crippen molar-refractivity contribution in [3.8, 4) is 0 Å². The molecule has 2 N–H and O–H groups in total. The molecule has 1 aromatic heterocycles. The number of thiophene rings is 1. The second kappa shape index (κ2) is 8.22. The zero-order valence-corrected chi connectivity index (χ0v) is 16.2. The lowest BCUT2D eigenvalue weighted by Crippen LogP contribution is -2.20. The SMILES string of the molecule is CCc1c(C)sc(NC(=S)Nc2cccc(C(C)=O)c2)c1C(=O)OC. The van der Waals surface area contributed by atoms with Gasteiger partial charge >= 0.3 is 5.97 Å². The molecule has 7 heteroatoms. The van der Waals surface area contributed by atoms with Gasteiger partial charge in [-0.3, -0.25) is 4.79 Å². The Bertz CT molecular complexity index is 828. The molecule has 132 valence electrons. The summed E-state index contributed by atoms with van der Waals surface area (Å²) in [5.41, 5.74) is 2.78. The third-order valence-corrected chi connectivity index (χ3v) is 4.97. The summed E-state index contributed by atoms with van der Waals surface area (Å²) in [6.45, 7) is 5.47. The fraction of sp³-hybridized carbons (Fsp3) is 0.278. The van der Waals surface area contributed by atoms with Gasteiger partial charge < -0.3 is 15.4 Å². The van der Waals surface area contributed by atoms with E-state index in [4.69, 9.17) is 17.0 Å². The van der Waals surface area contributed by atoms with Gasteiger partial charge in [0.2, 0.25) is 0 Å². The normalized spacial score (nSPS) is 10.2. The van der Waals surface area contributed by atoms with E-state index in [0.717, 1.165) is 16.9 Å². The highest BCUT2D eigenvalue weighted by Gasteiger charge is 2.22. The molecule has 0 spiro atoms. The van der Waals surface area contributed by atoms with Crippen molar-refractivity contribution in [1.82, 2.24) is 0 Å². The summed E-state index contributed by atoms with van der Waals surface area (Å²) in [7, 11) is 1.36. The van der Waals surface area contributed by atoms with Gasteiger partial charge in [-0.05, 0) is 50.2 Å². The number of hydrogen-bond donors (Lipinski definition) is 2. The van der Waals surface area contributed by atoms with Crippen molar-refractivity contribution in [2.45, 2.75) is 27.2 Å². The highest BCUT2D eigenvalue weighted by atomic mass is 32.1. The largest absolute Gasteiger partial charge is 0.465 e. The van der Waals surface area contributed by atoms with E-state index in [9.17, 15) is 9.59 Å². The Labute approximate surface area is 156 Å². The quantitative estimate of drug-likeness (QED) is 0.457. The number of nitrogens with one attached hydrogen (secondary N) is 2. The molecule has 0 radical (unpaired) electrons. The second-order valence-electron chi connectivity index (χ2n) is 5.40. The van der Waals surface area contributed by atoms with Crippen molar-refractivity contribution < 1.29 is 14.3 Å². The molecule has 0 aliphatic carbocycles. The maximum Gasteiger partial charge on any atom is 0.341 e. The monoisotopic (exact) mass is 376 g/mol. The predicted octanol–water partition coefficient (Wildman–Crippen LogP) is 4.42. The highest BCUT2D eigenvalue weighted by Crippen LogP contribution is 2.34. The minimum absolute atomic E-state index is 0.0167. The number of thiocarbonyl (C=S) groups is 1. The number of methoxy groups -OCH3 is 1. The molecule has 0 amide bonds. The Morgan fingerprint density at radius 2 is 2.00 bits per heavy atom. The van der Waals surface area contributed by atoms with Crippen LogP contribution in [0.15, 0.2) is 24.3 Å². The van der Waals surface area contributed by atoms with Gasteiger partial charge in [0.15, 0.2) is 10.9 Å². The van der Waals surface area contributed by atoms with Gasteiger partial charge in [-0.15, -0.1) is 11.3 Å². The van der Waals surface area contributed by atoms with Crippen molar-refractivity contribution in [2.75, 3.05) is 17.7 Å². The molecule has 5 nitrogen and oxygen atoms in total. The number of anilines is 2.